The van der Waals surface area contributed by atoms with Crippen molar-refractivity contribution in [2.75, 3.05) is 28.7 Å². The number of carbonyl (C=O) groups is 2. The minimum Gasteiger partial charge on any atom is -0.481 e. The molecule has 2 heterocycles. The maximum Gasteiger partial charge on any atom is 0.312 e. The second kappa shape index (κ2) is 6.32. The highest BCUT2D eigenvalue weighted by Crippen LogP contribution is 2.37. The van der Waals surface area contributed by atoms with Crippen LogP contribution in [0, 0.1) is 0 Å². The number of carboxylic acid groups (broad SMARTS) is 1. The van der Waals surface area contributed by atoms with Gasteiger partial charge in [0, 0.05) is 41.2 Å². The largest absolute Gasteiger partial charge is 0.481 e. The summed E-state index contributed by atoms with van der Waals surface area (Å²) in [5.74, 6) is 1.85. The molecule has 1 fully saturated rings. The van der Waals surface area contributed by atoms with E-state index >= 15 is 0 Å². The maximum absolute atomic E-state index is 12.6. The van der Waals surface area contributed by atoms with Gasteiger partial charge in [0.25, 0.3) is 0 Å². The zero-order chi connectivity index (χ0) is 14.8. The maximum atomic E-state index is 12.6. The molecule has 2 aliphatic heterocycles. The number of amides is 1. The van der Waals surface area contributed by atoms with E-state index in [1.54, 1.807) is 4.90 Å². The number of hydrogen-bond acceptors (Lipinski definition) is 4. The SMILES string of the molecule is O=C(O)C1CN(C(=O)CC2CSCCS2)c2ccccc21. The number of rotatable bonds is 3. The van der Waals surface area contributed by atoms with Crippen LogP contribution in [0.4, 0.5) is 5.69 Å². The Morgan fingerprint density at radius 1 is 1.29 bits per heavy atom. The van der Waals surface area contributed by atoms with Gasteiger partial charge in [0.2, 0.25) is 5.91 Å². The zero-order valence-corrected chi connectivity index (χ0v) is 13.2. The van der Waals surface area contributed by atoms with Gasteiger partial charge in [0.15, 0.2) is 0 Å². The number of nitrogens with zero attached hydrogens (tertiary/aromatic N) is 1. The van der Waals surface area contributed by atoms with Crippen molar-refractivity contribution >= 4 is 41.1 Å². The number of hydrogen-bond donors (Lipinski definition) is 1. The van der Waals surface area contributed by atoms with E-state index in [1.165, 1.54) is 0 Å². The number of anilines is 1. The summed E-state index contributed by atoms with van der Waals surface area (Å²) in [6.45, 7) is 0.262. The van der Waals surface area contributed by atoms with Gasteiger partial charge < -0.3 is 10.0 Å². The van der Waals surface area contributed by atoms with Crippen molar-refractivity contribution < 1.29 is 14.7 Å². The van der Waals surface area contributed by atoms with Crippen molar-refractivity contribution in [3.8, 4) is 0 Å². The molecular formula is C15H17NO3S2. The first-order valence-corrected chi connectivity index (χ1v) is 9.18. The minimum atomic E-state index is -0.861. The molecule has 1 aromatic carbocycles. The summed E-state index contributed by atoms with van der Waals surface area (Å²) in [6.07, 6.45) is 0.498. The first-order valence-electron chi connectivity index (χ1n) is 6.98. The molecule has 0 aliphatic carbocycles. The van der Waals surface area contributed by atoms with Crippen LogP contribution in [0.1, 0.15) is 17.9 Å². The zero-order valence-electron chi connectivity index (χ0n) is 11.5. The topological polar surface area (TPSA) is 57.6 Å². The van der Waals surface area contributed by atoms with Gasteiger partial charge in [-0.1, -0.05) is 18.2 Å². The van der Waals surface area contributed by atoms with E-state index in [0.717, 1.165) is 28.5 Å². The van der Waals surface area contributed by atoms with Crippen LogP contribution in [0.15, 0.2) is 24.3 Å². The lowest BCUT2D eigenvalue weighted by molar-refractivity contribution is -0.138. The monoisotopic (exact) mass is 323 g/mol. The molecule has 2 atom stereocenters. The van der Waals surface area contributed by atoms with Crippen LogP contribution in [0.2, 0.25) is 0 Å². The second-order valence-corrected chi connectivity index (χ2v) is 7.78. The van der Waals surface area contributed by atoms with Gasteiger partial charge in [-0.2, -0.15) is 23.5 Å². The average molecular weight is 323 g/mol. The molecule has 0 spiro atoms. The third kappa shape index (κ3) is 3.06. The number of thioether (sulfide) groups is 2. The quantitative estimate of drug-likeness (QED) is 0.926. The Hall–Kier alpha value is -1.14. The molecular weight excluding hydrogens is 306 g/mol. The second-order valence-electron chi connectivity index (χ2n) is 5.23. The van der Waals surface area contributed by atoms with Gasteiger partial charge in [-0.25, -0.2) is 0 Å². The van der Waals surface area contributed by atoms with E-state index in [4.69, 9.17) is 0 Å². The van der Waals surface area contributed by atoms with E-state index in [9.17, 15) is 14.7 Å². The molecule has 21 heavy (non-hydrogen) atoms. The molecule has 0 aromatic heterocycles. The Kier molecular flexibility index (Phi) is 4.45. The third-order valence-electron chi connectivity index (χ3n) is 3.85. The standard InChI is InChI=1S/C15H17NO3S2/c17-14(7-10-9-20-5-6-21-10)16-8-12(15(18)19)11-3-1-2-4-13(11)16/h1-4,10,12H,5-9H2,(H,18,19). The fraction of sp³-hybridized carbons (Fsp3) is 0.467. The summed E-state index contributed by atoms with van der Waals surface area (Å²) in [4.78, 5) is 25.6. The van der Waals surface area contributed by atoms with Gasteiger partial charge in [-0.3, -0.25) is 9.59 Å². The minimum absolute atomic E-state index is 0.0474. The average Bonchev–Trinajstić information content (AvgIpc) is 2.88. The van der Waals surface area contributed by atoms with Gasteiger partial charge in [-0.15, -0.1) is 0 Å². The van der Waals surface area contributed by atoms with Crippen LogP contribution in [-0.4, -0.2) is 46.0 Å². The molecule has 0 radical (unpaired) electrons. The summed E-state index contributed by atoms with van der Waals surface area (Å²) in [5.41, 5.74) is 1.52. The lowest BCUT2D eigenvalue weighted by Crippen LogP contribution is -2.34. The first-order chi connectivity index (χ1) is 10.2. The summed E-state index contributed by atoms with van der Waals surface area (Å²) in [7, 11) is 0. The van der Waals surface area contributed by atoms with Crippen LogP contribution < -0.4 is 4.90 Å². The van der Waals surface area contributed by atoms with Gasteiger partial charge in [-0.05, 0) is 11.6 Å². The fourth-order valence-electron chi connectivity index (χ4n) is 2.81. The van der Waals surface area contributed by atoms with Crippen molar-refractivity contribution in [2.45, 2.75) is 17.6 Å². The fourth-order valence-corrected chi connectivity index (χ4v) is 5.49. The highest BCUT2D eigenvalue weighted by Gasteiger charge is 2.36. The van der Waals surface area contributed by atoms with Crippen LogP contribution in [-0.2, 0) is 9.59 Å². The van der Waals surface area contributed by atoms with E-state index in [-0.39, 0.29) is 12.5 Å². The number of para-hydroxylation sites is 1. The van der Waals surface area contributed by atoms with Crippen molar-refractivity contribution in [3.05, 3.63) is 29.8 Å². The lowest BCUT2D eigenvalue weighted by atomic mass is 10.0. The van der Waals surface area contributed by atoms with Crippen LogP contribution >= 0.6 is 23.5 Å². The number of aliphatic carboxylic acids is 1. The van der Waals surface area contributed by atoms with Crippen molar-refractivity contribution in [2.24, 2.45) is 0 Å². The molecule has 4 nitrogen and oxygen atoms in total. The Morgan fingerprint density at radius 3 is 2.81 bits per heavy atom. The molecule has 3 rings (SSSR count). The smallest absolute Gasteiger partial charge is 0.312 e. The molecule has 2 aliphatic rings. The molecule has 1 amide bonds. The predicted octanol–water partition coefficient (Wildman–Crippen LogP) is 2.44. The molecule has 1 aromatic rings. The van der Waals surface area contributed by atoms with E-state index in [2.05, 4.69) is 0 Å². The Balaban J connectivity index is 1.76. The number of benzene rings is 1. The molecule has 112 valence electrons. The normalized spacial score (nSPS) is 24.7. The predicted molar refractivity (Wildman–Crippen MR) is 87.4 cm³/mol. The molecule has 1 saturated heterocycles. The van der Waals surface area contributed by atoms with Crippen molar-refractivity contribution in [1.29, 1.82) is 0 Å². The van der Waals surface area contributed by atoms with Crippen molar-refractivity contribution in [1.82, 2.24) is 0 Å². The molecule has 0 bridgehead atoms. The van der Waals surface area contributed by atoms with Gasteiger partial charge in [0.05, 0.1) is 0 Å². The van der Waals surface area contributed by atoms with E-state index in [0.29, 0.717) is 11.7 Å². The number of carbonyl (C=O) groups excluding carboxylic acids is 1. The third-order valence-corrected chi connectivity index (χ3v) is 6.70. The van der Waals surface area contributed by atoms with Gasteiger partial charge >= 0.3 is 5.97 Å². The lowest BCUT2D eigenvalue weighted by Gasteiger charge is -2.24. The molecule has 2 unspecified atom stereocenters. The highest BCUT2D eigenvalue weighted by atomic mass is 32.2. The summed E-state index contributed by atoms with van der Waals surface area (Å²) >= 11 is 3.75. The molecule has 1 N–H and O–H groups in total. The Labute approximate surface area is 132 Å². The Bertz CT molecular complexity index is 558. The summed E-state index contributed by atoms with van der Waals surface area (Å²) in [5, 5.41) is 9.69. The summed E-state index contributed by atoms with van der Waals surface area (Å²) < 4.78 is 0. The van der Waals surface area contributed by atoms with E-state index in [1.807, 2.05) is 47.8 Å². The van der Waals surface area contributed by atoms with Crippen LogP contribution in [0.3, 0.4) is 0 Å². The van der Waals surface area contributed by atoms with Crippen molar-refractivity contribution in [3.63, 3.8) is 0 Å². The molecule has 6 heteroatoms. The van der Waals surface area contributed by atoms with Crippen LogP contribution in [0.5, 0.6) is 0 Å². The highest BCUT2D eigenvalue weighted by molar-refractivity contribution is 8.06. The number of fused-ring (bicyclic) bond motifs is 1. The van der Waals surface area contributed by atoms with Crippen LogP contribution in [0.25, 0.3) is 0 Å². The van der Waals surface area contributed by atoms with E-state index < -0.39 is 11.9 Å². The molecule has 0 saturated carbocycles. The summed E-state index contributed by atoms with van der Waals surface area (Å²) in [6, 6.07) is 7.34. The number of carboxylic acids is 1. The Morgan fingerprint density at radius 2 is 2.10 bits per heavy atom. The van der Waals surface area contributed by atoms with Gasteiger partial charge in [0.1, 0.15) is 5.92 Å². The first kappa shape index (κ1) is 14.8.